The van der Waals surface area contributed by atoms with Gasteiger partial charge < -0.3 is 9.64 Å². The third kappa shape index (κ3) is 3.12. The van der Waals surface area contributed by atoms with E-state index >= 15 is 0 Å². The number of fused-ring (bicyclic) bond motifs is 3. The van der Waals surface area contributed by atoms with E-state index in [1.807, 2.05) is 47.4 Å². The van der Waals surface area contributed by atoms with Gasteiger partial charge in [-0.15, -0.1) is 0 Å². The molecule has 0 spiro atoms. The molecule has 27 heavy (non-hydrogen) atoms. The summed E-state index contributed by atoms with van der Waals surface area (Å²) in [5.74, 6) is 1.06. The third-order valence-electron chi connectivity index (χ3n) is 6.28. The van der Waals surface area contributed by atoms with Crippen molar-refractivity contribution in [1.82, 2.24) is 4.90 Å². The van der Waals surface area contributed by atoms with E-state index in [0.717, 1.165) is 30.0 Å². The van der Waals surface area contributed by atoms with Crippen LogP contribution in [0.2, 0.25) is 0 Å². The molecule has 0 aromatic heterocycles. The maximum Gasteiger partial charge on any atom is 0.244 e. The molecule has 0 radical (unpaired) electrons. The number of nitrogens with zero attached hydrogens (tertiary/aromatic N) is 2. The van der Waals surface area contributed by atoms with Gasteiger partial charge in [-0.25, -0.2) is 0 Å². The first-order valence-electron chi connectivity index (χ1n) is 10.2. The number of amides is 1. The van der Waals surface area contributed by atoms with Crippen molar-refractivity contribution in [2.24, 2.45) is 0 Å². The van der Waals surface area contributed by atoms with Crippen molar-refractivity contribution in [3.05, 3.63) is 60.2 Å². The monoisotopic (exact) mass is 362 g/mol. The van der Waals surface area contributed by atoms with E-state index in [1.54, 1.807) is 0 Å². The highest BCUT2D eigenvalue weighted by Crippen LogP contribution is 2.39. The number of carbonyl (C=O) groups excluding carboxylic acids is 1. The minimum Gasteiger partial charge on any atom is -0.487 e. The number of likely N-dealkylation sites (tertiary alicyclic amines) is 1. The quantitative estimate of drug-likeness (QED) is 0.827. The van der Waals surface area contributed by atoms with E-state index in [9.17, 15) is 4.79 Å². The molecule has 2 bridgehead atoms. The first-order chi connectivity index (χ1) is 13.3. The Bertz CT molecular complexity index is 816. The summed E-state index contributed by atoms with van der Waals surface area (Å²) in [7, 11) is 0. The molecule has 2 unspecified atom stereocenters. The lowest BCUT2D eigenvalue weighted by atomic mass is 10.1. The molecule has 2 aliphatic heterocycles. The van der Waals surface area contributed by atoms with Crippen LogP contribution in [0.25, 0.3) is 0 Å². The normalized spacial score (nSPS) is 25.8. The van der Waals surface area contributed by atoms with Crippen LogP contribution in [0.4, 0.5) is 5.69 Å². The summed E-state index contributed by atoms with van der Waals surface area (Å²) < 4.78 is 6.40. The number of carbonyl (C=O) groups is 1. The van der Waals surface area contributed by atoms with Gasteiger partial charge in [0, 0.05) is 19.0 Å². The van der Waals surface area contributed by atoms with Crippen LogP contribution in [0.3, 0.4) is 0 Å². The van der Waals surface area contributed by atoms with Gasteiger partial charge >= 0.3 is 0 Å². The SMILES string of the molecule is O=C1C2CC(CN2C2CCCC2)Oc2ccccc2N1Cc1ccccc1. The Morgan fingerprint density at radius 1 is 0.963 bits per heavy atom. The molecule has 4 nitrogen and oxygen atoms in total. The number of benzene rings is 2. The Balaban J connectivity index is 1.52. The number of ether oxygens (including phenoxy) is 1. The lowest BCUT2D eigenvalue weighted by Gasteiger charge is -2.34. The molecule has 140 valence electrons. The first kappa shape index (κ1) is 16.8. The van der Waals surface area contributed by atoms with Crippen molar-refractivity contribution in [2.75, 3.05) is 11.4 Å². The molecule has 1 amide bonds. The number of hydrogen-bond donors (Lipinski definition) is 0. The molecule has 2 heterocycles. The highest BCUT2D eigenvalue weighted by atomic mass is 16.5. The zero-order valence-electron chi connectivity index (χ0n) is 15.6. The molecular weight excluding hydrogens is 336 g/mol. The van der Waals surface area contributed by atoms with Crippen LogP contribution in [0.5, 0.6) is 5.75 Å². The second-order valence-corrected chi connectivity index (χ2v) is 8.00. The summed E-state index contributed by atoms with van der Waals surface area (Å²) in [6, 6.07) is 18.7. The molecule has 1 saturated heterocycles. The Labute approximate surface area is 160 Å². The van der Waals surface area contributed by atoms with Gasteiger partial charge in [-0.2, -0.15) is 0 Å². The Morgan fingerprint density at radius 3 is 2.52 bits per heavy atom. The summed E-state index contributed by atoms with van der Waals surface area (Å²) in [5, 5.41) is 0. The van der Waals surface area contributed by atoms with E-state index in [1.165, 1.54) is 25.7 Å². The molecular formula is C23H26N2O2. The average molecular weight is 362 g/mol. The predicted octanol–water partition coefficient (Wildman–Crippen LogP) is 4.00. The van der Waals surface area contributed by atoms with E-state index < -0.39 is 0 Å². The summed E-state index contributed by atoms with van der Waals surface area (Å²) in [4.78, 5) is 18.1. The fourth-order valence-electron chi connectivity index (χ4n) is 4.98. The fraction of sp³-hybridized carbons (Fsp3) is 0.435. The average Bonchev–Trinajstić information content (AvgIpc) is 3.36. The van der Waals surface area contributed by atoms with Gasteiger partial charge in [0.1, 0.15) is 11.9 Å². The maximum absolute atomic E-state index is 13.7. The standard InChI is InChI=1S/C23H26N2O2/c26-23-21-14-19(16-24(21)18-10-4-5-11-18)27-22-13-7-6-12-20(22)25(23)15-17-8-2-1-3-9-17/h1-3,6-9,12-13,18-19,21H,4-5,10-11,14-16H2. The van der Waals surface area contributed by atoms with Crippen molar-refractivity contribution < 1.29 is 9.53 Å². The zero-order valence-corrected chi connectivity index (χ0v) is 15.6. The molecule has 1 saturated carbocycles. The van der Waals surface area contributed by atoms with Crippen molar-refractivity contribution in [2.45, 2.75) is 56.8 Å². The van der Waals surface area contributed by atoms with Crippen LogP contribution >= 0.6 is 0 Å². The molecule has 2 aromatic carbocycles. The van der Waals surface area contributed by atoms with Gasteiger partial charge in [-0.3, -0.25) is 9.69 Å². The second-order valence-electron chi connectivity index (χ2n) is 8.00. The number of hydrogen-bond acceptors (Lipinski definition) is 3. The molecule has 4 heteroatoms. The van der Waals surface area contributed by atoms with Crippen LogP contribution in [0, 0.1) is 0 Å². The van der Waals surface area contributed by atoms with Gasteiger partial charge in [0.25, 0.3) is 0 Å². The summed E-state index contributed by atoms with van der Waals surface area (Å²) in [6.07, 6.45) is 5.89. The smallest absolute Gasteiger partial charge is 0.244 e. The third-order valence-corrected chi connectivity index (χ3v) is 6.28. The van der Waals surface area contributed by atoms with Crippen LogP contribution in [-0.2, 0) is 11.3 Å². The topological polar surface area (TPSA) is 32.8 Å². The van der Waals surface area contributed by atoms with Gasteiger partial charge in [0.05, 0.1) is 18.3 Å². The minimum atomic E-state index is -0.0600. The Morgan fingerprint density at radius 2 is 1.70 bits per heavy atom. The Kier molecular flexibility index (Phi) is 4.36. The van der Waals surface area contributed by atoms with Crippen molar-refractivity contribution >= 4 is 11.6 Å². The number of anilines is 1. The molecule has 2 fully saturated rings. The van der Waals surface area contributed by atoms with Crippen LogP contribution in [0.1, 0.15) is 37.7 Å². The van der Waals surface area contributed by atoms with Crippen LogP contribution < -0.4 is 9.64 Å². The first-order valence-corrected chi connectivity index (χ1v) is 10.2. The van der Waals surface area contributed by atoms with E-state index in [4.69, 9.17) is 4.74 Å². The summed E-state index contributed by atoms with van der Waals surface area (Å²) in [5.41, 5.74) is 2.04. The molecule has 1 aliphatic carbocycles. The summed E-state index contributed by atoms with van der Waals surface area (Å²) in [6.45, 7) is 1.45. The van der Waals surface area contributed by atoms with E-state index in [2.05, 4.69) is 17.0 Å². The van der Waals surface area contributed by atoms with E-state index in [0.29, 0.717) is 12.6 Å². The molecule has 5 rings (SSSR count). The van der Waals surface area contributed by atoms with E-state index in [-0.39, 0.29) is 18.1 Å². The molecule has 0 N–H and O–H groups in total. The van der Waals surface area contributed by atoms with Crippen LogP contribution in [-0.4, -0.2) is 35.5 Å². The van der Waals surface area contributed by atoms with Gasteiger partial charge in [0.15, 0.2) is 0 Å². The molecule has 3 aliphatic rings. The number of para-hydroxylation sites is 2. The summed E-state index contributed by atoms with van der Waals surface area (Å²) >= 11 is 0. The fourth-order valence-corrected chi connectivity index (χ4v) is 4.98. The predicted molar refractivity (Wildman–Crippen MR) is 106 cm³/mol. The minimum absolute atomic E-state index is 0.0600. The zero-order chi connectivity index (χ0) is 18.2. The van der Waals surface area contributed by atoms with Crippen molar-refractivity contribution in [3.63, 3.8) is 0 Å². The van der Waals surface area contributed by atoms with Crippen molar-refractivity contribution in [3.8, 4) is 5.75 Å². The Hall–Kier alpha value is -2.33. The number of rotatable bonds is 3. The van der Waals surface area contributed by atoms with Crippen molar-refractivity contribution in [1.29, 1.82) is 0 Å². The molecule has 2 atom stereocenters. The maximum atomic E-state index is 13.7. The lowest BCUT2D eigenvalue weighted by molar-refractivity contribution is -0.123. The highest BCUT2D eigenvalue weighted by molar-refractivity contribution is 5.99. The molecule has 2 aromatic rings. The van der Waals surface area contributed by atoms with Gasteiger partial charge in [-0.1, -0.05) is 55.3 Å². The lowest BCUT2D eigenvalue weighted by Crippen LogP contribution is -2.48. The van der Waals surface area contributed by atoms with Gasteiger partial charge in [-0.05, 0) is 30.5 Å². The largest absolute Gasteiger partial charge is 0.487 e. The van der Waals surface area contributed by atoms with Crippen LogP contribution in [0.15, 0.2) is 54.6 Å². The van der Waals surface area contributed by atoms with Gasteiger partial charge in [0.2, 0.25) is 5.91 Å². The second kappa shape index (κ2) is 7.01. The highest BCUT2D eigenvalue weighted by Gasteiger charge is 2.45.